The Morgan fingerprint density at radius 3 is 2.95 bits per heavy atom. The van der Waals surface area contributed by atoms with Gasteiger partial charge in [-0.1, -0.05) is 6.42 Å². The highest BCUT2D eigenvalue weighted by molar-refractivity contribution is 7.14. The Hall–Kier alpha value is -1.40. The molecule has 1 unspecified atom stereocenters. The Morgan fingerprint density at radius 2 is 2.14 bits per heavy atom. The molecule has 0 radical (unpaired) electrons. The van der Waals surface area contributed by atoms with E-state index in [1.165, 1.54) is 29.7 Å². The Balaban J connectivity index is 1.69. The molecular formula is C16H21NO4S. The summed E-state index contributed by atoms with van der Waals surface area (Å²) in [6.07, 6.45) is 5.39. The molecule has 1 aromatic heterocycles. The molecule has 6 heteroatoms. The van der Waals surface area contributed by atoms with Gasteiger partial charge < -0.3 is 14.7 Å². The van der Waals surface area contributed by atoms with Crippen molar-refractivity contribution >= 4 is 23.2 Å². The normalized spacial score (nSPS) is 22.0. The first kappa shape index (κ1) is 15.5. The lowest BCUT2D eigenvalue weighted by atomic mass is 10.1. The smallest absolute Gasteiger partial charge is 0.306 e. The lowest BCUT2D eigenvalue weighted by molar-refractivity contribution is -0.141. The molecule has 1 atom stereocenters. The minimum atomic E-state index is -0.887. The molecule has 0 saturated carbocycles. The molecule has 1 aromatic rings. The van der Waals surface area contributed by atoms with Gasteiger partial charge in [0.15, 0.2) is 0 Å². The minimum Gasteiger partial charge on any atom is -0.481 e. The number of carboxylic acid groups (broad SMARTS) is 1. The maximum Gasteiger partial charge on any atom is 0.306 e. The number of carboxylic acids is 1. The van der Waals surface area contributed by atoms with Crippen molar-refractivity contribution in [3.63, 3.8) is 0 Å². The van der Waals surface area contributed by atoms with Crippen molar-refractivity contribution in [2.24, 2.45) is 0 Å². The Kier molecular flexibility index (Phi) is 4.78. The number of aryl methyl sites for hydroxylation is 2. The second-order valence-electron chi connectivity index (χ2n) is 5.96. The summed E-state index contributed by atoms with van der Waals surface area (Å²) in [6.45, 7) is 1.32. The monoisotopic (exact) mass is 323 g/mol. The molecule has 0 spiro atoms. The van der Waals surface area contributed by atoms with Crippen molar-refractivity contribution in [3.8, 4) is 0 Å². The fourth-order valence-corrected chi connectivity index (χ4v) is 4.37. The molecule has 3 rings (SSSR count). The summed E-state index contributed by atoms with van der Waals surface area (Å²) in [6, 6.07) is 2.05. The first-order chi connectivity index (χ1) is 10.6. The number of carbonyl (C=O) groups excluding carboxylic acids is 1. The van der Waals surface area contributed by atoms with Crippen LogP contribution < -0.4 is 0 Å². The Morgan fingerprint density at radius 1 is 1.32 bits per heavy atom. The highest BCUT2D eigenvalue weighted by Crippen LogP contribution is 2.30. The predicted octanol–water partition coefficient (Wildman–Crippen LogP) is 2.33. The van der Waals surface area contributed by atoms with Crippen molar-refractivity contribution < 1.29 is 19.4 Å². The van der Waals surface area contributed by atoms with E-state index >= 15 is 0 Å². The summed E-state index contributed by atoms with van der Waals surface area (Å²) in [7, 11) is 0. The number of carbonyl (C=O) groups is 2. The van der Waals surface area contributed by atoms with Crippen LogP contribution in [0.4, 0.5) is 0 Å². The SMILES string of the molecule is O=C(O)CC1CN(C(=O)c2cc3c(s2)CCCCC3)CCO1. The number of rotatable bonds is 3. The third kappa shape index (κ3) is 3.50. The molecule has 5 nitrogen and oxygen atoms in total. The molecule has 120 valence electrons. The van der Waals surface area contributed by atoms with E-state index in [-0.39, 0.29) is 12.3 Å². The van der Waals surface area contributed by atoms with Gasteiger partial charge in [-0.25, -0.2) is 0 Å². The molecule has 1 saturated heterocycles. The minimum absolute atomic E-state index is 0.0248. The second-order valence-corrected chi connectivity index (χ2v) is 7.10. The number of aliphatic carboxylic acids is 1. The first-order valence-corrected chi connectivity index (χ1v) is 8.69. The molecule has 1 aliphatic carbocycles. The van der Waals surface area contributed by atoms with Crippen LogP contribution in [0.1, 0.15) is 45.8 Å². The summed E-state index contributed by atoms with van der Waals surface area (Å²) in [5, 5.41) is 8.86. The van der Waals surface area contributed by atoms with Crippen LogP contribution in [-0.4, -0.2) is 47.7 Å². The molecule has 2 aliphatic rings. The lowest BCUT2D eigenvalue weighted by Gasteiger charge is -2.32. The van der Waals surface area contributed by atoms with Crippen molar-refractivity contribution in [1.82, 2.24) is 4.90 Å². The van der Waals surface area contributed by atoms with Crippen LogP contribution in [0.2, 0.25) is 0 Å². The van der Waals surface area contributed by atoms with E-state index in [1.54, 1.807) is 16.2 Å². The van der Waals surface area contributed by atoms with Gasteiger partial charge in [-0.2, -0.15) is 0 Å². The summed E-state index contributed by atoms with van der Waals surface area (Å²) in [4.78, 5) is 27.4. The fourth-order valence-electron chi connectivity index (χ4n) is 3.15. The number of hydrogen-bond donors (Lipinski definition) is 1. The van der Waals surface area contributed by atoms with Crippen LogP contribution in [-0.2, 0) is 22.4 Å². The molecule has 1 N–H and O–H groups in total. The zero-order valence-electron chi connectivity index (χ0n) is 12.5. The summed E-state index contributed by atoms with van der Waals surface area (Å²) in [5.41, 5.74) is 1.33. The van der Waals surface area contributed by atoms with E-state index in [2.05, 4.69) is 6.07 Å². The third-order valence-corrected chi connectivity index (χ3v) is 5.51. The van der Waals surface area contributed by atoms with Gasteiger partial charge in [0.25, 0.3) is 5.91 Å². The van der Waals surface area contributed by atoms with E-state index in [9.17, 15) is 9.59 Å². The molecule has 1 fully saturated rings. The van der Waals surface area contributed by atoms with Crippen LogP contribution in [0.15, 0.2) is 6.07 Å². The van der Waals surface area contributed by atoms with Crippen LogP contribution in [0.3, 0.4) is 0 Å². The van der Waals surface area contributed by atoms with Crippen molar-refractivity contribution in [2.75, 3.05) is 19.7 Å². The van der Waals surface area contributed by atoms with Crippen LogP contribution in [0.25, 0.3) is 0 Å². The van der Waals surface area contributed by atoms with E-state index in [4.69, 9.17) is 9.84 Å². The number of fused-ring (bicyclic) bond motifs is 1. The second kappa shape index (κ2) is 6.79. The average Bonchev–Trinajstić information content (AvgIpc) is 2.77. The zero-order valence-corrected chi connectivity index (χ0v) is 13.4. The summed E-state index contributed by atoms with van der Waals surface area (Å²) in [5.74, 6) is -0.862. The zero-order chi connectivity index (χ0) is 15.5. The molecule has 1 amide bonds. The van der Waals surface area contributed by atoms with Gasteiger partial charge in [0.2, 0.25) is 0 Å². The molecule has 0 aromatic carbocycles. The maximum absolute atomic E-state index is 12.7. The van der Waals surface area contributed by atoms with Gasteiger partial charge in [0, 0.05) is 18.0 Å². The highest BCUT2D eigenvalue weighted by atomic mass is 32.1. The molecule has 2 heterocycles. The third-order valence-electron chi connectivity index (χ3n) is 4.29. The molecule has 1 aliphatic heterocycles. The van der Waals surface area contributed by atoms with Crippen molar-refractivity contribution in [2.45, 2.75) is 44.6 Å². The molecule has 0 bridgehead atoms. The predicted molar refractivity (Wildman–Crippen MR) is 83.5 cm³/mol. The molecular weight excluding hydrogens is 302 g/mol. The summed E-state index contributed by atoms with van der Waals surface area (Å²) >= 11 is 1.62. The average molecular weight is 323 g/mol. The number of nitrogens with zero attached hydrogens (tertiary/aromatic N) is 1. The van der Waals surface area contributed by atoms with Crippen molar-refractivity contribution in [3.05, 3.63) is 21.4 Å². The van der Waals surface area contributed by atoms with Crippen LogP contribution in [0.5, 0.6) is 0 Å². The maximum atomic E-state index is 12.7. The van der Waals surface area contributed by atoms with Crippen LogP contribution in [0, 0.1) is 0 Å². The standard InChI is InChI=1S/C16H21NO4S/c18-15(19)9-12-10-17(6-7-21-12)16(20)14-8-11-4-2-1-3-5-13(11)22-14/h8,12H,1-7,9-10H2,(H,18,19). The number of ether oxygens (including phenoxy) is 1. The largest absolute Gasteiger partial charge is 0.481 e. The Labute approximate surface area is 133 Å². The quantitative estimate of drug-likeness (QED) is 0.867. The number of amides is 1. The summed E-state index contributed by atoms with van der Waals surface area (Å²) < 4.78 is 5.43. The van der Waals surface area contributed by atoms with E-state index in [1.807, 2.05) is 0 Å². The van der Waals surface area contributed by atoms with E-state index in [0.29, 0.717) is 19.7 Å². The van der Waals surface area contributed by atoms with E-state index in [0.717, 1.165) is 17.7 Å². The highest BCUT2D eigenvalue weighted by Gasteiger charge is 2.28. The number of morpholine rings is 1. The number of hydrogen-bond acceptors (Lipinski definition) is 4. The Bertz CT molecular complexity index is 545. The van der Waals surface area contributed by atoms with Gasteiger partial charge in [0.05, 0.1) is 24.0 Å². The van der Waals surface area contributed by atoms with Gasteiger partial charge in [0.1, 0.15) is 0 Å². The number of thiophene rings is 1. The van der Waals surface area contributed by atoms with Gasteiger partial charge >= 0.3 is 5.97 Å². The van der Waals surface area contributed by atoms with Crippen molar-refractivity contribution in [1.29, 1.82) is 0 Å². The first-order valence-electron chi connectivity index (χ1n) is 7.88. The van der Waals surface area contributed by atoms with E-state index < -0.39 is 12.1 Å². The van der Waals surface area contributed by atoms with Gasteiger partial charge in [-0.3, -0.25) is 9.59 Å². The van der Waals surface area contributed by atoms with Gasteiger partial charge in [-0.15, -0.1) is 11.3 Å². The van der Waals surface area contributed by atoms with Crippen LogP contribution >= 0.6 is 11.3 Å². The fraction of sp³-hybridized carbons (Fsp3) is 0.625. The molecule has 22 heavy (non-hydrogen) atoms. The topological polar surface area (TPSA) is 66.8 Å². The van der Waals surface area contributed by atoms with Gasteiger partial charge in [-0.05, 0) is 37.3 Å². The lowest BCUT2D eigenvalue weighted by Crippen LogP contribution is -2.46.